The van der Waals surface area contributed by atoms with E-state index in [0.29, 0.717) is 82.2 Å². The minimum Gasteiger partial charge on any atom is -0.507 e. The van der Waals surface area contributed by atoms with Gasteiger partial charge >= 0.3 is 0 Å². The number of carbonyl (C=O) groups excluding carboxylic acids is 6. The fraction of sp³-hybridized carbons (Fsp3) is 0.417. The molecule has 1 unspecified atom stereocenters. The molecule has 64 heavy (non-hydrogen) atoms. The van der Waals surface area contributed by atoms with Crippen molar-refractivity contribution in [2.75, 3.05) is 61.3 Å². The topological polar surface area (TPSA) is 211 Å². The van der Waals surface area contributed by atoms with Gasteiger partial charge in [0.2, 0.25) is 23.6 Å². The fourth-order valence-electron chi connectivity index (χ4n) is 10.2. The smallest absolute Gasteiger partial charge is 0.262 e. The first-order chi connectivity index (χ1) is 31.0. The summed E-state index contributed by atoms with van der Waals surface area (Å²) in [5.41, 5.74) is 9.73. The number of hydrogen-bond donors (Lipinski definition) is 4. The van der Waals surface area contributed by atoms with Crippen LogP contribution in [-0.4, -0.2) is 112 Å². The zero-order chi connectivity index (χ0) is 44.5. The number of aromatic nitrogens is 2. The van der Waals surface area contributed by atoms with Crippen molar-refractivity contribution in [3.05, 3.63) is 95.6 Å². The van der Waals surface area contributed by atoms with Gasteiger partial charge in [-0.15, -0.1) is 10.2 Å². The van der Waals surface area contributed by atoms with Crippen molar-refractivity contribution < 1.29 is 33.9 Å². The Morgan fingerprint density at radius 3 is 2.16 bits per heavy atom. The lowest BCUT2D eigenvalue weighted by atomic mass is 9.71. The molecule has 16 heteroatoms. The number of hydrogen-bond acceptors (Lipinski definition) is 12. The SMILES string of the molecule is Nc1nnc(-c2ccccc2O)cc1N1CCC(C(=O)NCC2CCN(C(=O)CC3CCN(c4ccc5c(c4)C(=O)N(C4CCC(=O)NC4=O)C5=O)CC3)CC2)(c2ccccc2)CC1. The van der Waals surface area contributed by atoms with Gasteiger partial charge in [-0.3, -0.25) is 39.0 Å². The van der Waals surface area contributed by atoms with E-state index in [1.54, 1.807) is 30.3 Å². The number of imide groups is 2. The van der Waals surface area contributed by atoms with E-state index in [9.17, 15) is 33.9 Å². The number of rotatable bonds is 10. The van der Waals surface area contributed by atoms with Gasteiger partial charge in [0.25, 0.3) is 11.8 Å². The molecule has 1 atom stereocenters. The van der Waals surface area contributed by atoms with E-state index in [1.165, 1.54) is 0 Å². The van der Waals surface area contributed by atoms with Crippen LogP contribution in [0.25, 0.3) is 11.3 Å². The van der Waals surface area contributed by atoms with Crippen molar-refractivity contribution in [3.8, 4) is 17.0 Å². The number of likely N-dealkylation sites (tertiary alicyclic amines) is 1. The van der Waals surface area contributed by atoms with Crippen molar-refractivity contribution in [1.82, 2.24) is 30.6 Å². The van der Waals surface area contributed by atoms with Crippen molar-refractivity contribution in [2.45, 2.75) is 69.2 Å². The Hall–Kier alpha value is -6.84. The molecule has 6 heterocycles. The van der Waals surface area contributed by atoms with E-state index in [4.69, 9.17) is 5.73 Å². The Balaban J connectivity index is 0.748. The van der Waals surface area contributed by atoms with Gasteiger partial charge in [-0.2, -0.15) is 0 Å². The third-order valence-corrected chi connectivity index (χ3v) is 14.1. The largest absolute Gasteiger partial charge is 0.507 e. The second-order valence-corrected chi connectivity index (χ2v) is 17.8. The molecule has 1 aromatic heterocycles. The van der Waals surface area contributed by atoms with Gasteiger partial charge in [0, 0.05) is 69.9 Å². The number of amides is 6. The summed E-state index contributed by atoms with van der Waals surface area (Å²) < 4.78 is 0. The third kappa shape index (κ3) is 8.24. The van der Waals surface area contributed by atoms with Crippen LogP contribution in [0.3, 0.4) is 0 Å². The van der Waals surface area contributed by atoms with Gasteiger partial charge in [0.1, 0.15) is 11.8 Å². The summed E-state index contributed by atoms with van der Waals surface area (Å²) in [6.07, 6.45) is 5.04. The number of nitrogens with two attached hydrogens (primary N) is 1. The average molecular weight is 868 g/mol. The van der Waals surface area contributed by atoms with E-state index in [2.05, 4.69) is 30.6 Å². The standard InChI is InChI=1S/C48H53N9O7/c49-43-39(28-37(52-53-43)35-8-4-5-9-40(35)58)55-24-18-48(19-25-55,32-6-2-1-3-7-32)47(64)50-29-31-16-22-56(23-17-31)42(60)26-30-14-20-54(21-15-30)33-10-11-34-36(27-33)46(63)57(45(34)62)38-12-13-41(59)51-44(38)61/h1-11,27-28,30-31,38,58H,12-26,29H2,(H2,49,53)(H,50,64)(H,51,59,61). The van der Waals surface area contributed by atoms with Crippen LogP contribution in [0.1, 0.15) is 84.1 Å². The van der Waals surface area contributed by atoms with E-state index in [1.807, 2.05) is 53.4 Å². The second-order valence-electron chi connectivity index (χ2n) is 17.8. The number of nitrogens with one attached hydrogen (secondary N) is 2. The van der Waals surface area contributed by atoms with Gasteiger partial charge in [-0.1, -0.05) is 42.5 Å². The number of aromatic hydroxyl groups is 1. The van der Waals surface area contributed by atoms with Crippen LogP contribution >= 0.6 is 0 Å². The van der Waals surface area contributed by atoms with Crippen molar-refractivity contribution in [1.29, 1.82) is 0 Å². The zero-order valence-electron chi connectivity index (χ0n) is 35.7. The number of fused-ring (bicyclic) bond motifs is 1. The van der Waals surface area contributed by atoms with Crippen LogP contribution in [0.2, 0.25) is 0 Å². The van der Waals surface area contributed by atoms with Gasteiger partial charge in [0.15, 0.2) is 5.82 Å². The summed E-state index contributed by atoms with van der Waals surface area (Å²) in [7, 11) is 0. The van der Waals surface area contributed by atoms with Crippen LogP contribution < -0.4 is 26.2 Å². The fourth-order valence-corrected chi connectivity index (χ4v) is 10.2. The number of para-hydroxylation sites is 1. The van der Waals surface area contributed by atoms with Crippen LogP contribution in [-0.2, 0) is 24.6 Å². The Labute approximate surface area is 371 Å². The average Bonchev–Trinajstić information content (AvgIpc) is 3.56. The van der Waals surface area contributed by atoms with Crippen molar-refractivity contribution >= 4 is 52.6 Å². The molecule has 9 rings (SSSR count). The van der Waals surface area contributed by atoms with Crippen LogP contribution in [0.4, 0.5) is 17.2 Å². The van der Waals surface area contributed by atoms with Crippen LogP contribution in [0.5, 0.6) is 5.75 Å². The number of nitrogens with zero attached hydrogens (tertiary/aromatic N) is 6. The lowest BCUT2D eigenvalue weighted by molar-refractivity contribution is -0.136. The summed E-state index contributed by atoms with van der Waals surface area (Å²) in [5.74, 6) is -1.04. The zero-order valence-corrected chi connectivity index (χ0v) is 35.7. The summed E-state index contributed by atoms with van der Waals surface area (Å²) in [6, 6.07) is 23.0. The van der Waals surface area contributed by atoms with Gasteiger partial charge in [-0.25, -0.2) is 0 Å². The Morgan fingerprint density at radius 1 is 0.750 bits per heavy atom. The molecule has 3 aromatic carbocycles. The molecule has 0 bridgehead atoms. The van der Waals surface area contributed by atoms with E-state index >= 15 is 0 Å². The maximum absolute atomic E-state index is 14.3. The van der Waals surface area contributed by atoms with E-state index < -0.39 is 35.1 Å². The lowest BCUT2D eigenvalue weighted by Crippen LogP contribution is -2.54. The number of phenols is 1. The van der Waals surface area contributed by atoms with E-state index in [0.717, 1.165) is 47.5 Å². The molecule has 4 fully saturated rings. The number of piperidine rings is 4. The van der Waals surface area contributed by atoms with Crippen molar-refractivity contribution in [3.63, 3.8) is 0 Å². The first-order valence-corrected chi connectivity index (χ1v) is 22.4. The number of nitrogen functional groups attached to an aromatic ring is 1. The molecule has 0 aliphatic carbocycles. The molecule has 5 N–H and O–H groups in total. The molecule has 332 valence electrons. The minimum atomic E-state index is -1.01. The molecule has 6 amide bonds. The highest BCUT2D eigenvalue weighted by Gasteiger charge is 2.46. The quantitative estimate of drug-likeness (QED) is 0.167. The number of phenolic OH excluding ortho intramolecular Hbond substituents is 1. The van der Waals surface area contributed by atoms with Gasteiger partial charge < -0.3 is 30.9 Å². The molecule has 16 nitrogen and oxygen atoms in total. The Bertz CT molecular complexity index is 2470. The summed E-state index contributed by atoms with van der Waals surface area (Å²) in [4.78, 5) is 85.7. The Morgan fingerprint density at radius 2 is 1.44 bits per heavy atom. The molecular weight excluding hydrogens is 815 g/mol. The maximum Gasteiger partial charge on any atom is 0.262 e. The molecule has 4 saturated heterocycles. The number of carbonyl (C=O) groups is 6. The highest BCUT2D eigenvalue weighted by molar-refractivity contribution is 6.23. The first-order valence-electron chi connectivity index (χ1n) is 22.4. The normalized spacial score (nSPS) is 20.6. The molecular formula is C48H53N9O7. The maximum atomic E-state index is 14.3. The van der Waals surface area contributed by atoms with Crippen LogP contribution in [0, 0.1) is 11.8 Å². The predicted octanol–water partition coefficient (Wildman–Crippen LogP) is 4.03. The second kappa shape index (κ2) is 17.7. The van der Waals surface area contributed by atoms with Gasteiger partial charge in [0.05, 0.1) is 27.9 Å². The number of benzene rings is 3. The summed E-state index contributed by atoms with van der Waals surface area (Å²) in [6.45, 7) is 4.40. The summed E-state index contributed by atoms with van der Waals surface area (Å²) >= 11 is 0. The highest BCUT2D eigenvalue weighted by atomic mass is 16.3. The number of anilines is 3. The minimum absolute atomic E-state index is 0.00750. The molecule has 5 aliphatic heterocycles. The summed E-state index contributed by atoms with van der Waals surface area (Å²) in [5, 5.41) is 24.4. The molecule has 0 spiro atoms. The van der Waals surface area contributed by atoms with E-state index in [-0.39, 0.29) is 53.4 Å². The molecule has 0 radical (unpaired) electrons. The monoisotopic (exact) mass is 867 g/mol. The third-order valence-electron chi connectivity index (χ3n) is 14.1. The first kappa shape index (κ1) is 42.5. The van der Waals surface area contributed by atoms with Gasteiger partial charge in [-0.05, 0) is 98.7 Å². The molecule has 5 aliphatic rings. The lowest BCUT2D eigenvalue weighted by Gasteiger charge is -2.42. The molecule has 0 saturated carbocycles. The van der Waals surface area contributed by atoms with Crippen molar-refractivity contribution in [2.24, 2.45) is 11.8 Å². The van der Waals surface area contributed by atoms with Crippen LogP contribution in [0.15, 0.2) is 78.9 Å². The highest BCUT2D eigenvalue weighted by Crippen LogP contribution is 2.40. The Kier molecular flexibility index (Phi) is 11.8. The molecule has 4 aromatic rings. The predicted molar refractivity (Wildman–Crippen MR) is 238 cm³/mol.